The molecule has 2 aromatic heterocycles. The standard InChI is InChI=1S/C31H35N5O3S2/c1-22-14-30(41(37,38)36(29-20-40-21-33-29)17-24-8-12-27(39-2)13-9-24)32-15-28(22)34-31-25-10-11-26(31)19-35(18-25)16-23-6-4-3-5-7-23/h3-9,12-15,20-21,25-26,31,34H,10-11,16-19H2,1-2H3/t25-,26+,31?. The van der Waals surface area contributed by atoms with Crippen molar-refractivity contribution in [2.45, 2.75) is 43.9 Å². The van der Waals surface area contributed by atoms with Gasteiger partial charge in [-0.05, 0) is 66.5 Å². The van der Waals surface area contributed by atoms with Crippen molar-refractivity contribution in [1.29, 1.82) is 0 Å². The number of hydrogen-bond acceptors (Lipinski definition) is 8. The number of aryl methyl sites for hydroxylation is 1. The molecular weight excluding hydrogens is 555 g/mol. The monoisotopic (exact) mass is 589 g/mol. The van der Waals surface area contributed by atoms with Crippen LogP contribution in [-0.2, 0) is 23.1 Å². The summed E-state index contributed by atoms with van der Waals surface area (Å²) in [5, 5.41) is 5.52. The minimum atomic E-state index is -3.96. The summed E-state index contributed by atoms with van der Waals surface area (Å²) in [5.74, 6) is 2.22. The summed E-state index contributed by atoms with van der Waals surface area (Å²) in [4.78, 5) is 11.4. The highest BCUT2D eigenvalue weighted by Crippen LogP contribution is 2.39. The van der Waals surface area contributed by atoms with Crippen LogP contribution in [0.2, 0.25) is 0 Å². The Bertz CT molecular complexity index is 1550. The number of ether oxygens (including phenoxy) is 1. The summed E-state index contributed by atoms with van der Waals surface area (Å²) >= 11 is 1.36. The average Bonchev–Trinajstić information content (AvgIpc) is 3.59. The average molecular weight is 590 g/mol. The van der Waals surface area contributed by atoms with Gasteiger partial charge in [0.15, 0.2) is 10.8 Å². The van der Waals surface area contributed by atoms with Crippen molar-refractivity contribution in [3.8, 4) is 5.75 Å². The second kappa shape index (κ2) is 11.8. The number of rotatable bonds is 10. The van der Waals surface area contributed by atoms with Crippen LogP contribution < -0.4 is 14.4 Å². The Kier molecular flexibility index (Phi) is 7.96. The van der Waals surface area contributed by atoms with Gasteiger partial charge in [0.05, 0.1) is 31.0 Å². The second-order valence-electron chi connectivity index (χ2n) is 11.0. The first-order chi connectivity index (χ1) is 19.9. The maximum absolute atomic E-state index is 13.9. The zero-order chi connectivity index (χ0) is 28.4. The van der Waals surface area contributed by atoms with E-state index in [4.69, 9.17) is 4.74 Å². The molecular formula is C31H35N5O3S2. The van der Waals surface area contributed by atoms with Crippen LogP contribution in [0.4, 0.5) is 11.5 Å². The van der Waals surface area contributed by atoms with Gasteiger partial charge in [0.1, 0.15) is 5.75 Å². The Labute approximate surface area is 246 Å². The Morgan fingerprint density at radius 1 is 1.02 bits per heavy atom. The highest BCUT2D eigenvalue weighted by atomic mass is 32.2. The van der Waals surface area contributed by atoms with E-state index >= 15 is 0 Å². The van der Waals surface area contributed by atoms with Crippen LogP contribution in [0, 0.1) is 18.8 Å². The molecule has 0 radical (unpaired) electrons. The molecule has 2 aliphatic rings. The third-order valence-electron chi connectivity index (χ3n) is 8.28. The number of anilines is 2. The summed E-state index contributed by atoms with van der Waals surface area (Å²) in [5.41, 5.74) is 5.59. The minimum absolute atomic E-state index is 0.0164. The lowest BCUT2D eigenvalue weighted by Gasteiger charge is -2.39. The first-order valence-electron chi connectivity index (χ1n) is 13.9. The van der Waals surface area contributed by atoms with Crippen LogP contribution in [0.5, 0.6) is 5.75 Å². The number of likely N-dealkylation sites (tertiary alicyclic amines) is 1. The van der Waals surface area contributed by atoms with Gasteiger partial charge in [0.2, 0.25) is 0 Å². The van der Waals surface area contributed by atoms with Crippen molar-refractivity contribution < 1.29 is 13.2 Å². The smallest absolute Gasteiger partial charge is 0.283 e. The van der Waals surface area contributed by atoms with Crippen LogP contribution in [0.15, 0.2) is 82.8 Å². The number of nitrogens with one attached hydrogen (secondary N) is 1. The molecule has 10 heteroatoms. The summed E-state index contributed by atoms with van der Waals surface area (Å²) in [7, 11) is -2.35. The molecule has 1 aliphatic carbocycles. The molecule has 0 spiro atoms. The number of nitrogens with zero attached hydrogens (tertiary/aromatic N) is 4. The number of methoxy groups -OCH3 is 1. The molecule has 1 aliphatic heterocycles. The Hall–Kier alpha value is -3.47. The fourth-order valence-corrected chi connectivity index (χ4v) is 8.16. The largest absolute Gasteiger partial charge is 0.497 e. The molecule has 1 saturated heterocycles. The number of thiazole rings is 1. The van der Waals surface area contributed by atoms with E-state index in [1.165, 1.54) is 34.0 Å². The lowest BCUT2D eigenvalue weighted by Crippen LogP contribution is -2.47. The van der Waals surface area contributed by atoms with E-state index in [2.05, 4.69) is 50.5 Å². The lowest BCUT2D eigenvalue weighted by molar-refractivity contribution is 0.148. The van der Waals surface area contributed by atoms with Crippen molar-refractivity contribution in [3.63, 3.8) is 0 Å². The van der Waals surface area contributed by atoms with Gasteiger partial charge in [-0.2, -0.15) is 8.42 Å². The molecule has 214 valence electrons. The summed E-state index contributed by atoms with van der Waals surface area (Å²) in [6.07, 6.45) is 4.10. The fraction of sp³-hybridized carbons (Fsp3) is 0.355. The van der Waals surface area contributed by atoms with E-state index in [-0.39, 0.29) is 11.6 Å². The molecule has 2 aromatic carbocycles. The van der Waals surface area contributed by atoms with Crippen molar-refractivity contribution in [2.75, 3.05) is 29.8 Å². The first kappa shape index (κ1) is 27.7. The van der Waals surface area contributed by atoms with Gasteiger partial charge in [-0.15, -0.1) is 11.3 Å². The maximum atomic E-state index is 13.9. The highest BCUT2D eigenvalue weighted by molar-refractivity contribution is 7.92. The molecule has 8 nitrogen and oxygen atoms in total. The van der Waals surface area contributed by atoms with E-state index in [0.29, 0.717) is 29.4 Å². The zero-order valence-corrected chi connectivity index (χ0v) is 24.9. The van der Waals surface area contributed by atoms with E-state index in [1.54, 1.807) is 30.3 Å². The van der Waals surface area contributed by atoms with Crippen molar-refractivity contribution >= 4 is 32.9 Å². The summed E-state index contributed by atoms with van der Waals surface area (Å²) in [6.45, 7) is 5.21. The molecule has 41 heavy (non-hydrogen) atoms. The van der Waals surface area contributed by atoms with Gasteiger partial charge in [0, 0.05) is 31.1 Å². The van der Waals surface area contributed by atoms with Crippen LogP contribution in [0.1, 0.15) is 29.5 Å². The molecule has 3 atom stereocenters. The van der Waals surface area contributed by atoms with Crippen molar-refractivity contribution in [2.24, 2.45) is 11.8 Å². The molecule has 2 bridgehead atoms. The third-order valence-corrected chi connectivity index (χ3v) is 10.5. The van der Waals surface area contributed by atoms with Gasteiger partial charge < -0.3 is 10.1 Å². The number of sulfonamides is 1. The number of aromatic nitrogens is 2. The molecule has 2 fully saturated rings. The van der Waals surface area contributed by atoms with Gasteiger partial charge in [-0.25, -0.2) is 14.3 Å². The predicted octanol–water partition coefficient (Wildman–Crippen LogP) is 5.57. The number of fused-ring (bicyclic) bond motifs is 2. The number of piperidine rings is 1. The summed E-state index contributed by atoms with van der Waals surface area (Å²) < 4.78 is 34.3. The van der Waals surface area contributed by atoms with Gasteiger partial charge in [0.25, 0.3) is 10.0 Å². The van der Waals surface area contributed by atoms with Gasteiger partial charge >= 0.3 is 0 Å². The zero-order valence-electron chi connectivity index (χ0n) is 23.3. The summed E-state index contributed by atoms with van der Waals surface area (Å²) in [6, 6.07) is 20.1. The molecule has 3 heterocycles. The maximum Gasteiger partial charge on any atom is 0.283 e. The predicted molar refractivity (Wildman–Crippen MR) is 163 cm³/mol. The van der Waals surface area contributed by atoms with Crippen LogP contribution in [0.3, 0.4) is 0 Å². The van der Waals surface area contributed by atoms with E-state index in [0.717, 1.165) is 36.4 Å². The Morgan fingerprint density at radius 3 is 2.39 bits per heavy atom. The third kappa shape index (κ3) is 5.95. The second-order valence-corrected chi connectivity index (χ2v) is 13.5. The minimum Gasteiger partial charge on any atom is -0.497 e. The molecule has 1 saturated carbocycles. The number of pyridine rings is 1. The Balaban J connectivity index is 1.18. The van der Waals surface area contributed by atoms with Gasteiger partial charge in [-0.3, -0.25) is 4.90 Å². The SMILES string of the molecule is COc1ccc(CN(c2cscn2)S(=O)(=O)c2cc(C)c(NC3[C@@H]4CC[C@H]3CN(Cc3ccccc3)C4)cn2)cc1. The van der Waals surface area contributed by atoms with Crippen molar-refractivity contribution in [3.05, 3.63) is 94.4 Å². The molecule has 4 aromatic rings. The van der Waals surface area contributed by atoms with E-state index in [9.17, 15) is 8.42 Å². The topological polar surface area (TPSA) is 87.7 Å². The van der Waals surface area contributed by atoms with Crippen LogP contribution >= 0.6 is 11.3 Å². The van der Waals surface area contributed by atoms with E-state index in [1.807, 2.05) is 31.2 Å². The van der Waals surface area contributed by atoms with E-state index < -0.39 is 10.0 Å². The van der Waals surface area contributed by atoms with Crippen molar-refractivity contribution in [1.82, 2.24) is 14.9 Å². The highest BCUT2D eigenvalue weighted by Gasteiger charge is 2.42. The number of benzene rings is 2. The molecule has 6 rings (SSSR count). The van der Waals surface area contributed by atoms with Gasteiger partial charge in [-0.1, -0.05) is 42.5 Å². The van der Waals surface area contributed by atoms with Crippen LogP contribution in [-0.4, -0.2) is 49.5 Å². The normalized spacial score (nSPS) is 20.6. The lowest BCUT2D eigenvalue weighted by atomic mass is 9.91. The molecule has 1 N–H and O–H groups in total. The quantitative estimate of drug-likeness (QED) is 0.259. The molecule has 1 unspecified atom stereocenters. The Morgan fingerprint density at radius 2 is 1.76 bits per heavy atom. The fourth-order valence-electron chi connectivity index (χ4n) is 6.16. The number of hydrogen-bond donors (Lipinski definition) is 1. The first-order valence-corrected chi connectivity index (χ1v) is 16.3. The molecule has 0 amide bonds. The van der Waals surface area contributed by atoms with Crippen LogP contribution in [0.25, 0.3) is 0 Å².